The maximum atomic E-state index is 12.5. The summed E-state index contributed by atoms with van der Waals surface area (Å²) in [6.07, 6.45) is 5.40. The summed E-state index contributed by atoms with van der Waals surface area (Å²) in [6.45, 7) is 3.28. The van der Waals surface area contributed by atoms with Crippen molar-refractivity contribution < 1.29 is 13.2 Å². The Kier molecular flexibility index (Phi) is 6.04. The summed E-state index contributed by atoms with van der Waals surface area (Å²) < 4.78 is 34.8. The highest BCUT2D eigenvalue weighted by molar-refractivity contribution is 7.89. The molecule has 0 bridgehead atoms. The maximum Gasteiger partial charge on any atom is 0.240 e. The van der Waals surface area contributed by atoms with Crippen molar-refractivity contribution in [3.63, 3.8) is 0 Å². The Hall–Kier alpha value is -2.09. The van der Waals surface area contributed by atoms with E-state index in [1.54, 1.807) is 12.3 Å². The molecule has 3 rings (SSSR count). The number of rotatable bonds is 8. The number of nitrogens with one attached hydrogen (secondary N) is 1. The highest BCUT2D eigenvalue weighted by Crippen LogP contribution is 2.27. The van der Waals surface area contributed by atoms with Crippen molar-refractivity contribution in [3.05, 3.63) is 53.3 Å². The zero-order chi connectivity index (χ0) is 19.4. The van der Waals surface area contributed by atoms with Crippen molar-refractivity contribution in [1.29, 1.82) is 0 Å². The minimum Gasteiger partial charge on any atom is -0.495 e. The normalized spacial score (nSPS) is 11.8. The molecule has 0 amide bonds. The minimum absolute atomic E-state index is 0.114. The first-order valence-electron chi connectivity index (χ1n) is 8.72. The molecule has 0 unspecified atom stereocenters. The molecule has 1 N–H and O–H groups in total. The quantitative estimate of drug-likeness (QED) is 0.618. The van der Waals surface area contributed by atoms with Crippen LogP contribution in [0, 0.1) is 0 Å². The van der Waals surface area contributed by atoms with Gasteiger partial charge >= 0.3 is 0 Å². The van der Waals surface area contributed by atoms with E-state index in [4.69, 9.17) is 16.3 Å². The Labute approximate surface area is 164 Å². The fraction of sp³-hybridized carbons (Fsp3) is 0.316. The number of hydrogen-bond donors (Lipinski definition) is 1. The summed E-state index contributed by atoms with van der Waals surface area (Å²) in [5.74, 6) is 0.437. The third-order valence-corrected chi connectivity index (χ3v) is 6.05. The lowest BCUT2D eigenvalue weighted by atomic mass is 10.2. The first kappa shape index (κ1) is 19.7. The molecular formula is C19H22ClN3O3S. The molecule has 0 saturated heterocycles. The van der Waals surface area contributed by atoms with E-state index in [2.05, 4.69) is 27.4 Å². The number of benzene rings is 1. The van der Waals surface area contributed by atoms with Gasteiger partial charge in [0.2, 0.25) is 10.0 Å². The van der Waals surface area contributed by atoms with E-state index in [1.807, 2.05) is 12.1 Å². The number of aryl methyl sites for hydroxylation is 1. The largest absolute Gasteiger partial charge is 0.495 e. The molecule has 144 valence electrons. The van der Waals surface area contributed by atoms with Crippen molar-refractivity contribution >= 4 is 32.7 Å². The van der Waals surface area contributed by atoms with Gasteiger partial charge in [-0.15, -0.1) is 0 Å². The molecule has 2 heterocycles. The Morgan fingerprint density at radius 2 is 2.11 bits per heavy atom. The standard InChI is InChI=1S/C19H22ClN3O3S/c1-3-11-23-13-14(16-5-4-9-21-19(16)23)8-10-22-27(24,25)15-6-7-18(26-2)17(20)12-15/h4-7,9,12-13,22H,3,8,10-11H2,1-2H3. The van der Waals surface area contributed by atoms with E-state index in [-0.39, 0.29) is 16.5 Å². The molecule has 0 aliphatic rings. The fourth-order valence-electron chi connectivity index (χ4n) is 3.02. The summed E-state index contributed by atoms with van der Waals surface area (Å²) in [7, 11) is -2.16. The number of methoxy groups -OCH3 is 1. The van der Waals surface area contributed by atoms with Crippen LogP contribution >= 0.6 is 11.6 Å². The summed E-state index contributed by atoms with van der Waals surface area (Å²) >= 11 is 6.04. The van der Waals surface area contributed by atoms with Crippen molar-refractivity contribution in [2.24, 2.45) is 0 Å². The number of fused-ring (bicyclic) bond motifs is 1. The van der Waals surface area contributed by atoms with Crippen molar-refractivity contribution in [2.45, 2.75) is 31.2 Å². The maximum absolute atomic E-state index is 12.5. The molecule has 0 aliphatic carbocycles. The zero-order valence-electron chi connectivity index (χ0n) is 15.3. The molecule has 0 aliphatic heterocycles. The first-order chi connectivity index (χ1) is 13.0. The van der Waals surface area contributed by atoms with Crippen LogP contribution in [0.2, 0.25) is 5.02 Å². The number of nitrogens with zero attached hydrogens (tertiary/aromatic N) is 2. The highest BCUT2D eigenvalue weighted by atomic mass is 35.5. The molecule has 2 aromatic heterocycles. The molecular weight excluding hydrogens is 386 g/mol. The second-order valence-corrected chi connectivity index (χ2v) is 8.34. The van der Waals surface area contributed by atoms with Gasteiger partial charge < -0.3 is 9.30 Å². The van der Waals surface area contributed by atoms with Crippen LogP contribution < -0.4 is 9.46 Å². The molecule has 0 spiro atoms. The van der Waals surface area contributed by atoms with E-state index >= 15 is 0 Å². The Balaban J connectivity index is 1.74. The number of halogens is 1. The molecule has 1 aromatic carbocycles. The Bertz CT molecular complexity index is 1050. The molecule has 0 fully saturated rings. The number of aromatic nitrogens is 2. The lowest BCUT2D eigenvalue weighted by Gasteiger charge is -2.09. The monoisotopic (exact) mass is 407 g/mol. The van der Waals surface area contributed by atoms with E-state index in [0.29, 0.717) is 12.2 Å². The van der Waals surface area contributed by atoms with Crippen LogP contribution in [-0.2, 0) is 23.0 Å². The smallest absolute Gasteiger partial charge is 0.240 e. The molecule has 3 aromatic rings. The van der Waals surface area contributed by atoms with E-state index in [1.165, 1.54) is 19.2 Å². The van der Waals surface area contributed by atoms with Gasteiger partial charge in [0.05, 0.1) is 17.0 Å². The van der Waals surface area contributed by atoms with Gasteiger partial charge in [-0.2, -0.15) is 0 Å². The lowest BCUT2D eigenvalue weighted by molar-refractivity contribution is 0.414. The summed E-state index contributed by atoms with van der Waals surface area (Å²) in [5.41, 5.74) is 2.00. The number of sulfonamides is 1. The van der Waals surface area contributed by atoms with Gasteiger partial charge in [0.1, 0.15) is 11.4 Å². The third kappa shape index (κ3) is 4.26. The molecule has 6 nitrogen and oxygen atoms in total. The molecule has 8 heteroatoms. The van der Waals surface area contributed by atoms with Gasteiger partial charge in [0.25, 0.3) is 0 Å². The van der Waals surface area contributed by atoms with E-state index in [9.17, 15) is 8.42 Å². The number of ether oxygens (including phenoxy) is 1. The van der Waals surface area contributed by atoms with Crippen molar-refractivity contribution in [3.8, 4) is 5.75 Å². The minimum atomic E-state index is -3.65. The topological polar surface area (TPSA) is 73.2 Å². The van der Waals surface area contributed by atoms with Crippen LogP contribution in [0.4, 0.5) is 0 Å². The zero-order valence-corrected chi connectivity index (χ0v) is 16.8. The first-order valence-corrected chi connectivity index (χ1v) is 10.6. The summed E-state index contributed by atoms with van der Waals surface area (Å²) in [6, 6.07) is 8.32. The highest BCUT2D eigenvalue weighted by Gasteiger charge is 2.16. The average molecular weight is 408 g/mol. The number of pyridine rings is 1. The SMILES string of the molecule is CCCn1cc(CCNS(=O)(=O)c2ccc(OC)c(Cl)c2)c2cccnc21. The third-order valence-electron chi connectivity index (χ3n) is 4.30. The average Bonchev–Trinajstić information content (AvgIpc) is 3.00. The molecule has 0 radical (unpaired) electrons. The molecule has 0 saturated carbocycles. The van der Waals surface area contributed by atoms with Crippen LogP contribution in [0.15, 0.2) is 47.6 Å². The van der Waals surface area contributed by atoms with E-state index < -0.39 is 10.0 Å². The molecule has 27 heavy (non-hydrogen) atoms. The van der Waals surface area contributed by atoms with Crippen LogP contribution in [0.5, 0.6) is 5.75 Å². The summed E-state index contributed by atoms with van der Waals surface area (Å²) in [4.78, 5) is 4.56. The molecule has 0 atom stereocenters. The summed E-state index contributed by atoms with van der Waals surface area (Å²) in [5, 5.41) is 1.31. The van der Waals surface area contributed by atoms with Gasteiger partial charge in [-0.05, 0) is 48.7 Å². The predicted octanol–water partition coefficient (Wildman–Crippen LogP) is 3.63. The van der Waals surface area contributed by atoms with Gasteiger partial charge in [-0.25, -0.2) is 18.1 Å². The Morgan fingerprint density at radius 1 is 1.30 bits per heavy atom. The Morgan fingerprint density at radius 3 is 2.81 bits per heavy atom. The van der Waals surface area contributed by atoms with Gasteiger partial charge in [0.15, 0.2) is 0 Å². The fourth-order valence-corrected chi connectivity index (χ4v) is 4.40. The van der Waals surface area contributed by atoms with Gasteiger partial charge in [-0.3, -0.25) is 0 Å². The predicted molar refractivity (Wildman–Crippen MR) is 107 cm³/mol. The number of hydrogen-bond acceptors (Lipinski definition) is 4. The lowest BCUT2D eigenvalue weighted by Crippen LogP contribution is -2.26. The van der Waals surface area contributed by atoms with Crippen LogP contribution in [0.1, 0.15) is 18.9 Å². The van der Waals surface area contributed by atoms with Gasteiger partial charge in [0, 0.05) is 30.9 Å². The second kappa shape index (κ2) is 8.29. The van der Waals surface area contributed by atoms with E-state index in [0.717, 1.165) is 29.6 Å². The van der Waals surface area contributed by atoms with Crippen LogP contribution in [-0.4, -0.2) is 31.6 Å². The van der Waals surface area contributed by atoms with Gasteiger partial charge in [-0.1, -0.05) is 18.5 Å². The van der Waals surface area contributed by atoms with Crippen molar-refractivity contribution in [2.75, 3.05) is 13.7 Å². The van der Waals surface area contributed by atoms with Crippen molar-refractivity contribution in [1.82, 2.24) is 14.3 Å². The second-order valence-electron chi connectivity index (χ2n) is 6.17. The van der Waals surface area contributed by atoms with Crippen LogP contribution in [0.3, 0.4) is 0 Å². The van der Waals surface area contributed by atoms with Crippen LogP contribution in [0.25, 0.3) is 11.0 Å².